The predicted molar refractivity (Wildman–Crippen MR) is 163 cm³/mol. The molecule has 2 N–H and O–H groups in total. The second-order valence-corrected chi connectivity index (χ2v) is 13.9. The Bertz CT molecular complexity index is 1580. The fourth-order valence-electron chi connectivity index (χ4n) is 6.79. The molecule has 1 amide bonds. The summed E-state index contributed by atoms with van der Waals surface area (Å²) in [5.41, 5.74) is 4.51. The van der Waals surface area contributed by atoms with E-state index in [4.69, 9.17) is 0 Å². The third-order valence-corrected chi connectivity index (χ3v) is 11.0. The third-order valence-electron chi connectivity index (χ3n) is 9.15. The van der Waals surface area contributed by atoms with E-state index < -0.39 is 10.0 Å². The molecule has 1 atom stereocenters. The number of nitrogens with zero attached hydrogens (tertiary/aromatic N) is 3. The Morgan fingerprint density at radius 1 is 1.07 bits per heavy atom. The molecule has 1 unspecified atom stereocenters. The number of H-pyrrole nitrogens is 1. The van der Waals surface area contributed by atoms with Gasteiger partial charge in [0.25, 0.3) is 11.5 Å². The summed E-state index contributed by atoms with van der Waals surface area (Å²) in [5, 5.41) is 3.87. The van der Waals surface area contributed by atoms with Crippen LogP contribution in [0.2, 0.25) is 0 Å². The zero-order valence-electron chi connectivity index (χ0n) is 24.7. The number of sulfonamides is 1. The van der Waals surface area contributed by atoms with Crippen LogP contribution >= 0.6 is 0 Å². The highest BCUT2D eigenvalue weighted by Crippen LogP contribution is 2.36. The first kappa shape index (κ1) is 29.5. The van der Waals surface area contributed by atoms with Gasteiger partial charge < -0.3 is 19.8 Å². The molecule has 9 nitrogen and oxygen atoms in total. The molecule has 2 aliphatic heterocycles. The number of aromatic amines is 1. The fraction of sp³-hybridized carbons (Fsp3) is 0.548. The second-order valence-electron chi connectivity index (χ2n) is 11.8. The van der Waals surface area contributed by atoms with Crippen molar-refractivity contribution in [3.63, 3.8) is 0 Å². The van der Waals surface area contributed by atoms with E-state index in [2.05, 4.69) is 26.7 Å². The molecule has 0 radical (unpaired) electrons. The molecular formula is C31H43N5O4S. The molecule has 2 saturated heterocycles. The average molecular weight is 582 g/mol. The monoisotopic (exact) mass is 581 g/mol. The van der Waals surface area contributed by atoms with Gasteiger partial charge in [0.05, 0.1) is 11.3 Å². The molecule has 5 rings (SSSR count). The molecule has 0 spiro atoms. The number of rotatable bonds is 9. The van der Waals surface area contributed by atoms with Crippen LogP contribution in [-0.4, -0.2) is 71.6 Å². The van der Waals surface area contributed by atoms with Gasteiger partial charge in [-0.1, -0.05) is 18.2 Å². The van der Waals surface area contributed by atoms with Crippen LogP contribution in [0.5, 0.6) is 0 Å². The summed E-state index contributed by atoms with van der Waals surface area (Å²) < 4.78 is 30.0. The van der Waals surface area contributed by atoms with E-state index >= 15 is 0 Å². The van der Waals surface area contributed by atoms with Crippen molar-refractivity contribution in [2.24, 2.45) is 5.92 Å². The Morgan fingerprint density at radius 2 is 1.76 bits per heavy atom. The van der Waals surface area contributed by atoms with E-state index in [0.717, 1.165) is 66.6 Å². The molecule has 4 heterocycles. The van der Waals surface area contributed by atoms with Gasteiger partial charge in [0.1, 0.15) is 0 Å². The smallest absolute Gasteiger partial charge is 0.254 e. The number of amides is 1. The van der Waals surface area contributed by atoms with Crippen molar-refractivity contribution in [2.45, 2.75) is 66.0 Å². The zero-order valence-corrected chi connectivity index (χ0v) is 25.5. The van der Waals surface area contributed by atoms with Gasteiger partial charge in [-0.25, -0.2) is 12.7 Å². The number of carbonyl (C=O) groups is 1. The van der Waals surface area contributed by atoms with E-state index in [1.807, 2.05) is 51.1 Å². The van der Waals surface area contributed by atoms with Gasteiger partial charge in [-0.15, -0.1) is 0 Å². The highest BCUT2D eigenvalue weighted by Gasteiger charge is 2.33. The minimum Gasteiger partial charge on any atom is -0.348 e. The fourth-order valence-corrected chi connectivity index (χ4v) is 8.30. The topological polar surface area (TPSA) is 108 Å². The van der Waals surface area contributed by atoms with Gasteiger partial charge in [0, 0.05) is 60.1 Å². The van der Waals surface area contributed by atoms with Crippen molar-refractivity contribution in [2.75, 3.05) is 38.5 Å². The van der Waals surface area contributed by atoms with Gasteiger partial charge in [-0.2, -0.15) is 0 Å². The van der Waals surface area contributed by atoms with E-state index in [9.17, 15) is 18.0 Å². The second kappa shape index (κ2) is 12.1. The van der Waals surface area contributed by atoms with Crippen LogP contribution in [0.3, 0.4) is 0 Å². The van der Waals surface area contributed by atoms with Gasteiger partial charge in [-0.05, 0) is 90.1 Å². The number of aryl methyl sites for hydroxylation is 2. The lowest BCUT2D eigenvalue weighted by Gasteiger charge is -2.35. The number of carbonyl (C=O) groups excluding carboxylic acids is 1. The van der Waals surface area contributed by atoms with E-state index in [1.54, 1.807) is 4.31 Å². The number of aromatic nitrogens is 2. The van der Waals surface area contributed by atoms with Crippen molar-refractivity contribution in [1.82, 2.24) is 24.1 Å². The molecule has 0 bridgehead atoms. The Labute approximate surface area is 243 Å². The van der Waals surface area contributed by atoms with E-state index in [0.29, 0.717) is 36.7 Å². The van der Waals surface area contributed by atoms with Crippen LogP contribution in [-0.2, 0) is 16.6 Å². The average Bonchev–Trinajstić information content (AvgIpc) is 3.56. The number of likely N-dealkylation sites (tertiary alicyclic amines) is 1. The van der Waals surface area contributed by atoms with Crippen molar-refractivity contribution < 1.29 is 13.2 Å². The van der Waals surface area contributed by atoms with Crippen LogP contribution in [0, 0.1) is 26.7 Å². The number of piperidine rings is 1. The summed E-state index contributed by atoms with van der Waals surface area (Å²) >= 11 is 0. The Kier molecular flexibility index (Phi) is 8.73. The molecule has 2 fully saturated rings. The molecule has 10 heteroatoms. The van der Waals surface area contributed by atoms with Crippen LogP contribution < -0.4 is 10.9 Å². The number of para-hydroxylation sites is 1. The first-order valence-electron chi connectivity index (χ1n) is 14.8. The lowest BCUT2D eigenvalue weighted by molar-refractivity contribution is 0.0951. The zero-order chi connectivity index (χ0) is 29.3. The molecule has 2 aromatic heterocycles. The SMILES string of the molecule is Cc1cc(C)c(CNC(=O)c2c(C)n(C(C)C3CCN(S(=O)(=O)CCN4CCCC4)CC3)c3ccccc23)c(=O)[nH]1. The molecule has 3 aromatic rings. The third kappa shape index (κ3) is 6.15. The maximum absolute atomic E-state index is 13.6. The van der Waals surface area contributed by atoms with Crippen molar-refractivity contribution in [1.29, 1.82) is 0 Å². The summed E-state index contributed by atoms with van der Waals surface area (Å²) in [7, 11) is -3.26. The minimum absolute atomic E-state index is 0.0955. The van der Waals surface area contributed by atoms with E-state index in [1.165, 1.54) is 0 Å². The van der Waals surface area contributed by atoms with Crippen molar-refractivity contribution in [3.05, 3.63) is 68.8 Å². The van der Waals surface area contributed by atoms with Crippen molar-refractivity contribution in [3.8, 4) is 0 Å². The number of pyridine rings is 1. The number of nitrogens with one attached hydrogen (secondary N) is 2. The Balaban J connectivity index is 1.30. The summed E-state index contributed by atoms with van der Waals surface area (Å²) in [5.74, 6) is 0.281. The summed E-state index contributed by atoms with van der Waals surface area (Å²) in [6.45, 7) is 11.7. The van der Waals surface area contributed by atoms with Crippen LogP contribution in [0.15, 0.2) is 35.1 Å². The highest BCUT2D eigenvalue weighted by atomic mass is 32.2. The molecule has 0 aliphatic carbocycles. The maximum atomic E-state index is 13.6. The normalized spacial score (nSPS) is 18.2. The van der Waals surface area contributed by atoms with Crippen LogP contribution in [0.4, 0.5) is 0 Å². The molecule has 41 heavy (non-hydrogen) atoms. The van der Waals surface area contributed by atoms with Gasteiger partial charge in [0.2, 0.25) is 10.0 Å². The number of fused-ring (bicyclic) bond motifs is 1. The molecular weight excluding hydrogens is 538 g/mol. The van der Waals surface area contributed by atoms with Crippen LogP contribution in [0.1, 0.15) is 71.5 Å². The first-order chi connectivity index (χ1) is 19.6. The summed E-state index contributed by atoms with van der Waals surface area (Å²) in [4.78, 5) is 31.1. The standard InChI is InChI=1S/C31H43N5O4S/c1-21-19-22(2)33-30(37)27(21)20-32-31(38)29-24(4)36(28-10-6-5-9-26(28)29)23(3)25-11-15-35(16-12-25)41(39,40)18-17-34-13-7-8-14-34/h5-6,9-10,19,23,25H,7-8,11-18,20H2,1-4H3,(H,32,38)(H,33,37). The maximum Gasteiger partial charge on any atom is 0.254 e. The summed E-state index contributed by atoms with van der Waals surface area (Å²) in [6.07, 6.45) is 3.89. The molecule has 2 aliphatic rings. The predicted octanol–water partition coefficient (Wildman–Crippen LogP) is 3.88. The van der Waals surface area contributed by atoms with E-state index in [-0.39, 0.29) is 29.8 Å². The first-order valence-corrected chi connectivity index (χ1v) is 16.4. The Hall–Kier alpha value is -2.95. The van der Waals surface area contributed by atoms with Gasteiger partial charge in [-0.3, -0.25) is 9.59 Å². The number of benzene rings is 1. The minimum atomic E-state index is -3.26. The number of hydrogen-bond acceptors (Lipinski definition) is 5. The lowest BCUT2D eigenvalue weighted by atomic mass is 9.91. The van der Waals surface area contributed by atoms with Crippen LogP contribution in [0.25, 0.3) is 10.9 Å². The molecule has 0 saturated carbocycles. The molecule has 222 valence electrons. The van der Waals surface area contributed by atoms with Crippen molar-refractivity contribution >= 4 is 26.8 Å². The Morgan fingerprint density at radius 3 is 2.44 bits per heavy atom. The van der Waals surface area contributed by atoms with Gasteiger partial charge >= 0.3 is 0 Å². The lowest BCUT2D eigenvalue weighted by Crippen LogP contribution is -2.43. The summed E-state index contributed by atoms with van der Waals surface area (Å²) in [6, 6.07) is 9.94. The largest absolute Gasteiger partial charge is 0.348 e. The quantitative estimate of drug-likeness (QED) is 0.399. The molecule has 1 aromatic carbocycles. The number of hydrogen-bond donors (Lipinski definition) is 2. The van der Waals surface area contributed by atoms with Gasteiger partial charge in [0.15, 0.2) is 0 Å². The highest BCUT2D eigenvalue weighted by molar-refractivity contribution is 7.89.